The van der Waals surface area contributed by atoms with Gasteiger partial charge in [-0.2, -0.15) is 4.31 Å². The van der Waals surface area contributed by atoms with Gasteiger partial charge in [0.15, 0.2) is 0 Å². The van der Waals surface area contributed by atoms with Gasteiger partial charge in [0.25, 0.3) is 0 Å². The smallest absolute Gasteiger partial charge is 0.243 e. The number of aryl methyl sites for hydroxylation is 2. The Hall–Kier alpha value is -2.05. The molecule has 0 N–H and O–H groups in total. The van der Waals surface area contributed by atoms with E-state index in [1.54, 1.807) is 10.4 Å². The lowest BCUT2D eigenvalue weighted by atomic mass is 10.1. The van der Waals surface area contributed by atoms with Crippen molar-refractivity contribution in [3.05, 3.63) is 53.6 Å². The number of benzene rings is 2. The highest BCUT2D eigenvalue weighted by atomic mass is 32.2. The van der Waals surface area contributed by atoms with Crippen LogP contribution in [0.2, 0.25) is 0 Å². The number of sulfonamides is 1. The van der Waals surface area contributed by atoms with E-state index in [0.717, 1.165) is 22.6 Å². The Morgan fingerprint density at radius 1 is 1.07 bits per heavy atom. The molecule has 1 aliphatic heterocycles. The molecule has 0 aliphatic carbocycles. The first-order valence-corrected chi connectivity index (χ1v) is 10.8. The molecule has 0 saturated carbocycles. The zero-order valence-electron chi connectivity index (χ0n) is 16.5. The molecule has 146 valence electrons. The Bertz CT molecular complexity index is 897. The van der Waals surface area contributed by atoms with Crippen molar-refractivity contribution in [2.45, 2.75) is 38.6 Å². The lowest BCUT2D eigenvalue weighted by Crippen LogP contribution is -2.53. The van der Waals surface area contributed by atoms with E-state index >= 15 is 0 Å². The van der Waals surface area contributed by atoms with Crippen LogP contribution in [-0.4, -0.2) is 45.0 Å². The number of hydrogen-bond donors (Lipinski definition) is 0. The van der Waals surface area contributed by atoms with Gasteiger partial charge in [-0.15, -0.1) is 0 Å². The molecular formula is C21H28N2O3S. The lowest BCUT2D eigenvalue weighted by Gasteiger charge is -2.40. The van der Waals surface area contributed by atoms with Crippen LogP contribution in [0.4, 0.5) is 5.69 Å². The highest BCUT2D eigenvalue weighted by Crippen LogP contribution is 2.30. The molecule has 2 aromatic carbocycles. The van der Waals surface area contributed by atoms with E-state index in [4.69, 9.17) is 4.74 Å². The molecule has 0 amide bonds. The zero-order chi connectivity index (χ0) is 19.6. The maximum atomic E-state index is 13.3. The molecule has 0 bridgehead atoms. The minimum absolute atomic E-state index is 0.111. The van der Waals surface area contributed by atoms with Crippen molar-refractivity contribution in [2.24, 2.45) is 0 Å². The largest absolute Gasteiger partial charge is 0.494 e. The van der Waals surface area contributed by atoms with E-state index in [2.05, 4.69) is 24.0 Å². The average molecular weight is 389 g/mol. The van der Waals surface area contributed by atoms with Crippen LogP contribution < -0.4 is 9.64 Å². The topological polar surface area (TPSA) is 49.9 Å². The van der Waals surface area contributed by atoms with E-state index in [-0.39, 0.29) is 6.04 Å². The maximum absolute atomic E-state index is 13.3. The second kappa shape index (κ2) is 7.90. The molecule has 1 fully saturated rings. The molecule has 0 radical (unpaired) electrons. The molecule has 5 nitrogen and oxygen atoms in total. The fourth-order valence-corrected chi connectivity index (χ4v) is 5.44. The van der Waals surface area contributed by atoms with Crippen LogP contribution in [0.5, 0.6) is 5.75 Å². The average Bonchev–Trinajstić information content (AvgIpc) is 2.65. The summed E-state index contributed by atoms with van der Waals surface area (Å²) in [5.74, 6) is 0.746. The van der Waals surface area contributed by atoms with Gasteiger partial charge in [-0.1, -0.05) is 18.2 Å². The van der Waals surface area contributed by atoms with E-state index in [1.165, 1.54) is 0 Å². The monoisotopic (exact) mass is 388 g/mol. The zero-order valence-corrected chi connectivity index (χ0v) is 17.3. The predicted molar refractivity (Wildman–Crippen MR) is 109 cm³/mol. The van der Waals surface area contributed by atoms with Crippen LogP contribution in [0.25, 0.3) is 0 Å². The van der Waals surface area contributed by atoms with Gasteiger partial charge >= 0.3 is 0 Å². The Morgan fingerprint density at radius 3 is 2.41 bits per heavy atom. The van der Waals surface area contributed by atoms with Gasteiger partial charge in [-0.05, 0) is 63.1 Å². The predicted octanol–water partition coefficient (Wildman–Crippen LogP) is 3.60. The molecule has 3 rings (SSSR count). The molecule has 2 aromatic rings. The van der Waals surface area contributed by atoms with Crippen LogP contribution in [-0.2, 0) is 10.0 Å². The summed E-state index contributed by atoms with van der Waals surface area (Å²) < 4.78 is 33.8. The van der Waals surface area contributed by atoms with Crippen LogP contribution in [0.15, 0.2) is 47.4 Å². The minimum Gasteiger partial charge on any atom is -0.494 e. The van der Waals surface area contributed by atoms with Crippen LogP contribution >= 0.6 is 0 Å². The molecule has 27 heavy (non-hydrogen) atoms. The van der Waals surface area contributed by atoms with Crippen molar-refractivity contribution in [1.82, 2.24) is 4.31 Å². The highest BCUT2D eigenvalue weighted by molar-refractivity contribution is 7.89. The standard InChI is InChI=1S/C21H28N2O3S/c1-5-26-20-13-17(3)21(14-16(20)2)27(24,25)22-11-12-23(18(4)15-22)19-9-7-6-8-10-19/h6-10,13-14,18H,5,11-12,15H2,1-4H3. The number of hydrogen-bond acceptors (Lipinski definition) is 4. The third-order valence-corrected chi connectivity index (χ3v) is 7.08. The van der Waals surface area contributed by atoms with Crippen LogP contribution in [0.3, 0.4) is 0 Å². The molecule has 1 heterocycles. The van der Waals surface area contributed by atoms with Gasteiger partial charge in [-0.25, -0.2) is 8.42 Å². The summed E-state index contributed by atoms with van der Waals surface area (Å²) in [6.45, 7) is 9.91. The van der Waals surface area contributed by atoms with E-state index in [0.29, 0.717) is 31.1 Å². The van der Waals surface area contributed by atoms with Crippen molar-refractivity contribution in [2.75, 3.05) is 31.1 Å². The van der Waals surface area contributed by atoms with Crippen molar-refractivity contribution >= 4 is 15.7 Å². The second-order valence-corrected chi connectivity index (χ2v) is 8.96. The summed E-state index contributed by atoms with van der Waals surface area (Å²) in [6, 6.07) is 13.8. The molecule has 1 aliphatic rings. The highest BCUT2D eigenvalue weighted by Gasteiger charge is 2.33. The normalized spacial score (nSPS) is 18.5. The van der Waals surface area contributed by atoms with Gasteiger partial charge in [0.05, 0.1) is 11.5 Å². The molecular weight excluding hydrogens is 360 g/mol. The summed E-state index contributed by atoms with van der Waals surface area (Å²) in [5, 5.41) is 0. The Morgan fingerprint density at radius 2 is 1.78 bits per heavy atom. The van der Waals surface area contributed by atoms with Crippen molar-refractivity contribution in [3.8, 4) is 5.75 Å². The first kappa shape index (κ1) is 19.7. The Labute approximate surface area is 162 Å². The van der Waals surface area contributed by atoms with Crippen LogP contribution in [0.1, 0.15) is 25.0 Å². The number of para-hydroxylation sites is 1. The number of piperazine rings is 1. The van der Waals surface area contributed by atoms with E-state index in [9.17, 15) is 8.42 Å². The van der Waals surface area contributed by atoms with Crippen molar-refractivity contribution in [3.63, 3.8) is 0 Å². The summed E-state index contributed by atoms with van der Waals surface area (Å²) >= 11 is 0. The molecule has 0 spiro atoms. The second-order valence-electron chi connectivity index (χ2n) is 7.06. The third-order valence-electron chi connectivity index (χ3n) is 5.07. The summed E-state index contributed by atoms with van der Waals surface area (Å²) in [4.78, 5) is 2.64. The SMILES string of the molecule is CCOc1cc(C)c(S(=O)(=O)N2CCN(c3ccccc3)C(C)C2)cc1C. The van der Waals surface area contributed by atoms with E-state index in [1.807, 2.05) is 45.0 Å². The summed E-state index contributed by atoms with van der Waals surface area (Å²) in [7, 11) is -3.53. The fraction of sp³-hybridized carbons (Fsp3) is 0.429. The Kier molecular flexibility index (Phi) is 5.77. The quantitative estimate of drug-likeness (QED) is 0.785. The molecule has 1 unspecified atom stereocenters. The van der Waals surface area contributed by atoms with Gasteiger partial charge in [-0.3, -0.25) is 0 Å². The summed E-state index contributed by atoms with van der Waals surface area (Å²) in [5.41, 5.74) is 2.70. The maximum Gasteiger partial charge on any atom is 0.243 e. The first-order chi connectivity index (χ1) is 12.8. The van der Waals surface area contributed by atoms with Gasteiger partial charge in [0.1, 0.15) is 5.75 Å². The lowest BCUT2D eigenvalue weighted by molar-refractivity contribution is 0.336. The minimum atomic E-state index is -3.53. The van der Waals surface area contributed by atoms with Gasteiger partial charge < -0.3 is 9.64 Å². The third kappa shape index (κ3) is 3.96. The first-order valence-electron chi connectivity index (χ1n) is 9.40. The van der Waals surface area contributed by atoms with Crippen molar-refractivity contribution in [1.29, 1.82) is 0 Å². The number of anilines is 1. The molecule has 1 atom stereocenters. The number of rotatable bonds is 5. The molecule has 0 aromatic heterocycles. The fourth-order valence-electron chi connectivity index (χ4n) is 3.64. The van der Waals surface area contributed by atoms with Crippen LogP contribution in [0, 0.1) is 13.8 Å². The van der Waals surface area contributed by atoms with Crippen molar-refractivity contribution < 1.29 is 13.2 Å². The number of ether oxygens (including phenoxy) is 1. The molecule has 6 heteroatoms. The molecule has 1 saturated heterocycles. The Balaban J connectivity index is 1.84. The van der Waals surface area contributed by atoms with E-state index < -0.39 is 10.0 Å². The van der Waals surface area contributed by atoms with Gasteiger partial charge in [0.2, 0.25) is 10.0 Å². The number of nitrogens with zero attached hydrogens (tertiary/aromatic N) is 2. The summed E-state index contributed by atoms with van der Waals surface area (Å²) in [6.07, 6.45) is 0. The van der Waals surface area contributed by atoms with Gasteiger partial charge in [0, 0.05) is 31.4 Å².